The van der Waals surface area contributed by atoms with Gasteiger partial charge in [-0.1, -0.05) is 0 Å². The van der Waals surface area contributed by atoms with E-state index in [2.05, 4.69) is 0 Å². The summed E-state index contributed by atoms with van der Waals surface area (Å²) in [5, 5.41) is 20.6. The van der Waals surface area contributed by atoms with E-state index < -0.39 is 34.4 Å². The zero-order valence-electron chi connectivity index (χ0n) is 12.9. The molecule has 1 N–H and O–H groups in total. The lowest BCUT2D eigenvalue weighted by Crippen LogP contribution is -2.41. The van der Waals surface area contributed by atoms with Crippen molar-refractivity contribution in [3.05, 3.63) is 39.4 Å². The average molecular weight is 346 g/mol. The number of aliphatic hydroxyl groups is 1. The normalized spacial score (nSPS) is 17.6. The van der Waals surface area contributed by atoms with Crippen LogP contribution in [-0.4, -0.2) is 40.0 Å². The molecular weight excluding hydrogens is 329 g/mol. The molecule has 0 spiro atoms. The number of nitro groups is 1. The fourth-order valence-corrected chi connectivity index (χ4v) is 2.80. The maximum Gasteiger partial charge on any atom is 0.416 e. The van der Waals surface area contributed by atoms with E-state index in [0.717, 1.165) is 6.07 Å². The quantitative estimate of drug-likeness (QED) is 0.674. The molecule has 0 aromatic heterocycles. The van der Waals surface area contributed by atoms with E-state index in [1.165, 1.54) is 4.90 Å². The molecule has 9 heteroatoms. The summed E-state index contributed by atoms with van der Waals surface area (Å²) in [5.41, 5.74) is -2.38. The summed E-state index contributed by atoms with van der Waals surface area (Å²) in [4.78, 5) is 23.9. The standard InChI is InChI=1S/C15H17F3N2O4/c1-9(21)10-4-6-19(7-5-10)14(22)12-3-2-11(15(16,17)18)8-13(12)20(23)24/h2-3,8-10,21H,4-7H2,1H3. The van der Waals surface area contributed by atoms with Gasteiger partial charge in [-0.2, -0.15) is 13.2 Å². The summed E-state index contributed by atoms with van der Waals surface area (Å²) >= 11 is 0. The van der Waals surface area contributed by atoms with Crippen LogP contribution in [0.3, 0.4) is 0 Å². The van der Waals surface area contributed by atoms with Crippen molar-refractivity contribution >= 4 is 11.6 Å². The second-order valence-electron chi connectivity index (χ2n) is 5.86. The highest BCUT2D eigenvalue weighted by Gasteiger charge is 2.35. The fourth-order valence-electron chi connectivity index (χ4n) is 2.80. The van der Waals surface area contributed by atoms with Crippen LogP contribution in [0, 0.1) is 16.0 Å². The van der Waals surface area contributed by atoms with Crippen molar-refractivity contribution in [3.63, 3.8) is 0 Å². The first kappa shape index (κ1) is 18.2. The molecule has 0 aliphatic carbocycles. The second-order valence-corrected chi connectivity index (χ2v) is 5.86. The Hall–Kier alpha value is -2.16. The van der Waals surface area contributed by atoms with Crippen molar-refractivity contribution in [2.75, 3.05) is 13.1 Å². The number of halogens is 3. The Kier molecular flexibility index (Phi) is 5.12. The van der Waals surface area contributed by atoms with Crippen LogP contribution in [0.5, 0.6) is 0 Å². The number of likely N-dealkylation sites (tertiary alicyclic amines) is 1. The number of hydrogen-bond donors (Lipinski definition) is 1. The molecule has 0 saturated carbocycles. The fraction of sp³-hybridized carbons (Fsp3) is 0.533. The van der Waals surface area contributed by atoms with Crippen molar-refractivity contribution in [2.24, 2.45) is 5.92 Å². The maximum atomic E-state index is 12.7. The number of nitrogens with zero attached hydrogens (tertiary/aromatic N) is 2. The number of nitro benzene ring substituents is 1. The number of amides is 1. The molecule has 6 nitrogen and oxygen atoms in total. The highest BCUT2D eigenvalue weighted by atomic mass is 19.4. The van der Waals surface area contributed by atoms with E-state index in [1.54, 1.807) is 6.92 Å². The van der Waals surface area contributed by atoms with Gasteiger partial charge in [0.25, 0.3) is 11.6 Å². The Morgan fingerprint density at radius 2 is 1.96 bits per heavy atom. The zero-order valence-corrected chi connectivity index (χ0v) is 12.9. The molecule has 1 saturated heterocycles. The molecule has 1 atom stereocenters. The number of rotatable bonds is 3. The number of alkyl halides is 3. The molecule has 0 bridgehead atoms. The predicted octanol–water partition coefficient (Wildman–Crippen LogP) is 2.85. The second kappa shape index (κ2) is 6.76. The minimum absolute atomic E-state index is 0.0386. The molecule has 132 valence electrons. The van der Waals surface area contributed by atoms with E-state index in [9.17, 15) is 33.2 Å². The first-order valence-corrected chi connectivity index (χ1v) is 7.44. The van der Waals surface area contributed by atoms with Gasteiger partial charge in [0.15, 0.2) is 0 Å². The highest BCUT2D eigenvalue weighted by molar-refractivity contribution is 5.98. The van der Waals surface area contributed by atoms with E-state index in [1.807, 2.05) is 0 Å². The third-order valence-electron chi connectivity index (χ3n) is 4.26. The van der Waals surface area contributed by atoms with Gasteiger partial charge in [-0.25, -0.2) is 0 Å². The van der Waals surface area contributed by atoms with Crippen molar-refractivity contribution in [2.45, 2.75) is 32.0 Å². The Morgan fingerprint density at radius 1 is 1.38 bits per heavy atom. The maximum absolute atomic E-state index is 12.7. The lowest BCUT2D eigenvalue weighted by Gasteiger charge is -2.33. The molecule has 1 unspecified atom stereocenters. The molecule has 1 aliphatic heterocycles. The van der Waals surface area contributed by atoms with Crippen LogP contribution in [-0.2, 0) is 6.18 Å². The van der Waals surface area contributed by atoms with Gasteiger partial charge in [-0.15, -0.1) is 0 Å². The van der Waals surface area contributed by atoms with Gasteiger partial charge < -0.3 is 10.0 Å². The minimum atomic E-state index is -4.72. The number of benzene rings is 1. The molecule has 1 amide bonds. The molecule has 1 aromatic rings. The number of carbonyl (C=O) groups is 1. The summed E-state index contributed by atoms with van der Waals surface area (Å²) < 4.78 is 38.1. The third kappa shape index (κ3) is 3.84. The largest absolute Gasteiger partial charge is 0.416 e. The molecule has 1 fully saturated rings. The molecule has 0 radical (unpaired) electrons. The monoisotopic (exact) mass is 346 g/mol. The average Bonchev–Trinajstić information content (AvgIpc) is 2.52. The van der Waals surface area contributed by atoms with Crippen LogP contribution in [0.1, 0.15) is 35.7 Å². The molecule has 1 aromatic carbocycles. The van der Waals surface area contributed by atoms with Crippen molar-refractivity contribution in [1.29, 1.82) is 0 Å². The van der Waals surface area contributed by atoms with E-state index >= 15 is 0 Å². The highest BCUT2D eigenvalue weighted by Crippen LogP contribution is 2.34. The Bertz CT molecular complexity index is 638. The van der Waals surface area contributed by atoms with Gasteiger partial charge in [-0.05, 0) is 37.8 Å². The van der Waals surface area contributed by atoms with Crippen molar-refractivity contribution in [1.82, 2.24) is 4.90 Å². The van der Waals surface area contributed by atoms with Crippen molar-refractivity contribution in [3.8, 4) is 0 Å². The number of aliphatic hydroxyl groups excluding tert-OH is 1. The summed E-state index contributed by atoms with van der Waals surface area (Å²) in [6.45, 7) is 2.25. The van der Waals surface area contributed by atoms with Crippen LogP contribution in [0.25, 0.3) is 0 Å². The van der Waals surface area contributed by atoms with E-state index in [-0.39, 0.29) is 11.5 Å². The lowest BCUT2D eigenvalue weighted by atomic mass is 9.92. The van der Waals surface area contributed by atoms with Gasteiger partial charge >= 0.3 is 6.18 Å². The van der Waals surface area contributed by atoms with Crippen LogP contribution >= 0.6 is 0 Å². The van der Waals surface area contributed by atoms with E-state index in [4.69, 9.17) is 0 Å². The van der Waals surface area contributed by atoms with Gasteiger partial charge in [-0.3, -0.25) is 14.9 Å². The topological polar surface area (TPSA) is 83.7 Å². The van der Waals surface area contributed by atoms with Gasteiger partial charge in [0, 0.05) is 19.2 Å². The first-order valence-electron chi connectivity index (χ1n) is 7.44. The van der Waals surface area contributed by atoms with Gasteiger partial charge in [0.2, 0.25) is 0 Å². The van der Waals surface area contributed by atoms with Crippen LogP contribution in [0.4, 0.5) is 18.9 Å². The Balaban J connectivity index is 2.25. The number of piperidine rings is 1. The van der Waals surface area contributed by atoms with Gasteiger partial charge in [0.1, 0.15) is 5.56 Å². The molecular formula is C15H17F3N2O4. The molecule has 24 heavy (non-hydrogen) atoms. The number of carbonyl (C=O) groups excluding carboxylic acids is 1. The van der Waals surface area contributed by atoms with Gasteiger partial charge in [0.05, 0.1) is 16.6 Å². The first-order chi connectivity index (χ1) is 11.1. The Morgan fingerprint density at radius 3 is 2.42 bits per heavy atom. The Labute approximate surface area is 136 Å². The molecule has 1 heterocycles. The predicted molar refractivity (Wildman–Crippen MR) is 78.4 cm³/mol. The SMILES string of the molecule is CC(O)C1CCN(C(=O)c2ccc(C(F)(F)F)cc2[N+](=O)[O-])CC1. The summed E-state index contributed by atoms with van der Waals surface area (Å²) in [7, 11) is 0. The van der Waals surface area contributed by atoms with Crippen LogP contribution < -0.4 is 0 Å². The summed E-state index contributed by atoms with van der Waals surface area (Å²) in [5.74, 6) is -0.629. The summed E-state index contributed by atoms with van der Waals surface area (Å²) in [6.07, 6.45) is -4.15. The number of hydrogen-bond acceptors (Lipinski definition) is 4. The lowest BCUT2D eigenvalue weighted by molar-refractivity contribution is -0.385. The zero-order chi connectivity index (χ0) is 18.1. The van der Waals surface area contributed by atoms with E-state index in [0.29, 0.717) is 38.1 Å². The van der Waals surface area contributed by atoms with Crippen LogP contribution in [0.2, 0.25) is 0 Å². The molecule has 2 rings (SSSR count). The minimum Gasteiger partial charge on any atom is -0.393 e. The smallest absolute Gasteiger partial charge is 0.393 e. The summed E-state index contributed by atoms with van der Waals surface area (Å²) in [6, 6.07) is 1.91. The van der Waals surface area contributed by atoms with Crippen LogP contribution in [0.15, 0.2) is 18.2 Å². The third-order valence-corrected chi connectivity index (χ3v) is 4.26. The molecule has 1 aliphatic rings. The van der Waals surface area contributed by atoms with Crippen molar-refractivity contribution < 1.29 is 28.0 Å².